The minimum atomic E-state index is -0.122. The molecule has 6 nitrogen and oxygen atoms in total. The summed E-state index contributed by atoms with van der Waals surface area (Å²) >= 11 is 1.63. The van der Waals surface area contributed by atoms with Crippen LogP contribution in [0.5, 0.6) is 0 Å². The summed E-state index contributed by atoms with van der Waals surface area (Å²) in [5.74, 6) is -0.0790. The van der Waals surface area contributed by atoms with Crippen molar-refractivity contribution >= 4 is 29.0 Å². The Kier molecular flexibility index (Phi) is 4.80. The number of aryl methyl sites for hydroxylation is 1. The highest BCUT2D eigenvalue weighted by molar-refractivity contribution is 7.11. The number of nitrogens with zero attached hydrogens (tertiary/aromatic N) is 3. The highest BCUT2D eigenvalue weighted by Gasteiger charge is 2.22. The summed E-state index contributed by atoms with van der Waals surface area (Å²) in [6.45, 7) is 3.82. The standard InChI is InChI=1S/C17H20N4O2S/c1-3-14-10-19-15(24-14)11-20(2)16(22)12-5-4-6-13(9-12)21-8-7-18-17(21)23/h4-6,9-10H,3,7-8,11H2,1-2H3,(H,18,23). The fraction of sp³-hybridized carbons (Fsp3) is 0.353. The summed E-state index contributed by atoms with van der Waals surface area (Å²) in [4.78, 5) is 33.3. The normalized spacial score (nSPS) is 13.9. The number of carbonyl (C=O) groups is 2. The molecule has 2 aromatic rings. The number of rotatable bonds is 5. The third-order valence-corrected chi connectivity index (χ3v) is 5.06. The van der Waals surface area contributed by atoms with Gasteiger partial charge in [0.15, 0.2) is 0 Å². The van der Waals surface area contributed by atoms with Crippen LogP contribution in [0.15, 0.2) is 30.5 Å². The summed E-state index contributed by atoms with van der Waals surface area (Å²) in [7, 11) is 1.77. The molecule has 0 saturated carbocycles. The van der Waals surface area contributed by atoms with Gasteiger partial charge in [-0.15, -0.1) is 11.3 Å². The number of thiazole rings is 1. The zero-order valence-electron chi connectivity index (χ0n) is 13.8. The van der Waals surface area contributed by atoms with Gasteiger partial charge in [0.05, 0.1) is 6.54 Å². The lowest BCUT2D eigenvalue weighted by atomic mass is 10.1. The van der Waals surface area contributed by atoms with Crippen molar-refractivity contribution in [3.8, 4) is 0 Å². The van der Waals surface area contributed by atoms with Crippen molar-refractivity contribution in [1.82, 2.24) is 15.2 Å². The Morgan fingerprint density at radius 1 is 1.46 bits per heavy atom. The number of carbonyl (C=O) groups excluding carboxylic acids is 2. The van der Waals surface area contributed by atoms with Gasteiger partial charge in [-0.3, -0.25) is 9.69 Å². The minimum Gasteiger partial charge on any atom is -0.336 e. The smallest absolute Gasteiger partial charge is 0.321 e. The van der Waals surface area contributed by atoms with Crippen LogP contribution in [0.25, 0.3) is 0 Å². The van der Waals surface area contributed by atoms with E-state index in [9.17, 15) is 9.59 Å². The topological polar surface area (TPSA) is 65.5 Å². The van der Waals surface area contributed by atoms with Crippen LogP contribution in [0.3, 0.4) is 0 Å². The van der Waals surface area contributed by atoms with Crippen LogP contribution in [0.1, 0.15) is 27.2 Å². The quantitative estimate of drug-likeness (QED) is 0.906. The van der Waals surface area contributed by atoms with Crippen LogP contribution in [0.4, 0.5) is 10.5 Å². The first kappa shape index (κ1) is 16.4. The van der Waals surface area contributed by atoms with E-state index in [0.29, 0.717) is 25.2 Å². The van der Waals surface area contributed by atoms with Crippen LogP contribution < -0.4 is 10.2 Å². The van der Waals surface area contributed by atoms with E-state index in [0.717, 1.165) is 17.1 Å². The molecular weight excluding hydrogens is 324 g/mol. The second-order valence-electron chi connectivity index (χ2n) is 5.67. The number of amides is 3. The molecule has 2 heterocycles. The van der Waals surface area contributed by atoms with Gasteiger partial charge < -0.3 is 10.2 Å². The van der Waals surface area contributed by atoms with E-state index in [1.165, 1.54) is 4.88 Å². The van der Waals surface area contributed by atoms with Gasteiger partial charge in [0.1, 0.15) is 5.01 Å². The first-order valence-electron chi connectivity index (χ1n) is 7.93. The predicted molar refractivity (Wildman–Crippen MR) is 94.5 cm³/mol. The van der Waals surface area contributed by atoms with Crippen molar-refractivity contribution in [3.63, 3.8) is 0 Å². The Morgan fingerprint density at radius 2 is 2.29 bits per heavy atom. The zero-order chi connectivity index (χ0) is 17.1. The molecular formula is C17H20N4O2S. The molecule has 3 amide bonds. The van der Waals surface area contributed by atoms with Crippen LogP contribution in [0, 0.1) is 0 Å². The molecule has 126 valence electrons. The van der Waals surface area contributed by atoms with Gasteiger partial charge in [-0.25, -0.2) is 9.78 Å². The first-order chi connectivity index (χ1) is 11.6. The molecule has 0 aliphatic carbocycles. The Hall–Kier alpha value is -2.41. The lowest BCUT2D eigenvalue weighted by molar-refractivity contribution is 0.0785. The number of nitrogens with one attached hydrogen (secondary N) is 1. The van der Waals surface area contributed by atoms with E-state index < -0.39 is 0 Å². The Balaban J connectivity index is 1.73. The molecule has 7 heteroatoms. The molecule has 1 aromatic heterocycles. The lowest BCUT2D eigenvalue weighted by Crippen LogP contribution is -2.29. The van der Waals surface area contributed by atoms with Crippen LogP contribution in [0.2, 0.25) is 0 Å². The Bertz CT molecular complexity index is 759. The molecule has 0 atom stereocenters. The summed E-state index contributed by atoms with van der Waals surface area (Å²) in [5.41, 5.74) is 1.31. The Morgan fingerprint density at radius 3 is 2.96 bits per heavy atom. The van der Waals surface area contributed by atoms with Crippen molar-refractivity contribution in [2.24, 2.45) is 0 Å². The second kappa shape index (κ2) is 7.00. The second-order valence-corrected chi connectivity index (χ2v) is 6.87. The van der Waals surface area contributed by atoms with Gasteiger partial charge in [-0.1, -0.05) is 13.0 Å². The lowest BCUT2D eigenvalue weighted by Gasteiger charge is -2.18. The highest BCUT2D eigenvalue weighted by atomic mass is 32.1. The average Bonchev–Trinajstić information content (AvgIpc) is 3.23. The van der Waals surface area contributed by atoms with E-state index in [-0.39, 0.29) is 11.9 Å². The zero-order valence-corrected chi connectivity index (χ0v) is 14.6. The monoisotopic (exact) mass is 344 g/mol. The van der Waals surface area contributed by atoms with Crippen molar-refractivity contribution in [2.75, 3.05) is 25.0 Å². The van der Waals surface area contributed by atoms with Gasteiger partial charge in [-0.2, -0.15) is 0 Å². The van der Waals surface area contributed by atoms with Gasteiger partial charge in [-0.05, 0) is 24.6 Å². The molecule has 0 bridgehead atoms. The molecule has 1 N–H and O–H groups in total. The summed E-state index contributed by atoms with van der Waals surface area (Å²) in [6, 6.07) is 7.07. The van der Waals surface area contributed by atoms with Gasteiger partial charge in [0.25, 0.3) is 5.91 Å². The molecule has 1 aliphatic rings. The summed E-state index contributed by atoms with van der Waals surface area (Å²) in [6.07, 6.45) is 2.82. The Labute approximate surface area is 145 Å². The molecule has 0 radical (unpaired) electrons. The fourth-order valence-corrected chi connectivity index (χ4v) is 3.52. The number of hydrogen-bond acceptors (Lipinski definition) is 4. The maximum absolute atomic E-state index is 12.7. The van der Waals surface area contributed by atoms with E-state index in [4.69, 9.17) is 0 Å². The maximum Gasteiger partial charge on any atom is 0.321 e. The van der Waals surface area contributed by atoms with E-state index in [1.54, 1.807) is 46.4 Å². The van der Waals surface area contributed by atoms with Crippen LogP contribution >= 0.6 is 11.3 Å². The molecule has 1 aromatic carbocycles. The van der Waals surface area contributed by atoms with Gasteiger partial charge in [0, 0.05) is 42.5 Å². The SMILES string of the molecule is CCc1cnc(CN(C)C(=O)c2cccc(N3CCNC3=O)c2)s1. The fourth-order valence-electron chi connectivity index (χ4n) is 2.60. The van der Waals surface area contributed by atoms with Crippen molar-refractivity contribution in [2.45, 2.75) is 19.9 Å². The number of aromatic nitrogens is 1. The van der Waals surface area contributed by atoms with Gasteiger partial charge >= 0.3 is 6.03 Å². The molecule has 1 fully saturated rings. The van der Waals surface area contributed by atoms with Crippen LogP contribution in [-0.2, 0) is 13.0 Å². The molecule has 3 rings (SSSR count). The molecule has 1 saturated heterocycles. The van der Waals surface area contributed by atoms with E-state index >= 15 is 0 Å². The number of benzene rings is 1. The average molecular weight is 344 g/mol. The molecule has 0 spiro atoms. The third-order valence-electron chi connectivity index (χ3n) is 3.93. The van der Waals surface area contributed by atoms with Crippen molar-refractivity contribution in [3.05, 3.63) is 45.9 Å². The third kappa shape index (κ3) is 3.41. The van der Waals surface area contributed by atoms with Gasteiger partial charge in [0.2, 0.25) is 0 Å². The molecule has 0 unspecified atom stereocenters. The van der Waals surface area contributed by atoms with E-state index in [1.807, 2.05) is 12.3 Å². The number of anilines is 1. The van der Waals surface area contributed by atoms with E-state index in [2.05, 4.69) is 17.2 Å². The van der Waals surface area contributed by atoms with Crippen molar-refractivity contribution < 1.29 is 9.59 Å². The highest BCUT2D eigenvalue weighted by Crippen LogP contribution is 2.20. The summed E-state index contributed by atoms with van der Waals surface area (Å²) in [5, 5.41) is 3.69. The summed E-state index contributed by atoms with van der Waals surface area (Å²) < 4.78 is 0. The minimum absolute atomic E-state index is 0.0790. The number of urea groups is 1. The largest absolute Gasteiger partial charge is 0.336 e. The molecule has 1 aliphatic heterocycles. The maximum atomic E-state index is 12.7. The number of hydrogen-bond donors (Lipinski definition) is 1. The van der Waals surface area contributed by atoms with Crippen molar-refractivity contribution in [1.29, 1.82) is 0 Å². The molecule has 24 heavy (non-hydrogen) atoms. The van der Waals surface area contributed by atoms with Crippen LogP contribution in [-0.4, -0.2) is 42.0 Å². The first-order valence-corrected chi connectivity index (χ1v) is 8.74. The predicted octanol–water partition coefficient (Wildman–Crippen LogP) is 2.51.